The van der Waals surface area contributed by atoms with Gasteiger partial charge in [0.25, 0.3) is 0 Å². The summed E-state index contributed by atoms with van der Waals surface area (Å²) in [6, 6.07) is 8.48. The van der Waals surface area contributed by atoms with Crippen molar-refractivity contribution in [1.82, 2.24) is 0 Å². The topological polar surface area (TPSA) is 119 Å². The number of amides is 1. The number of hydrogen-bond donors (Lipinski definition) is 3. The van der Waals surface area contributed by atoms with Crippen LogP contribution < -0.4 is 11.1 Å². The van der Waals surface area contributed by atoms with E-state index in [0.717, 1.165) is 0 Å². The van der Waals surface area contributed by atoms with E-state index in [9.17, 15) is 32.7 Å². The van der Waals surface area contributed by atoms with Gasteiger partial charge in [0.2, 0.25) is 5.91 Å². The van der Waals surface area contributed by atoms with Crippen LogP contribution in [0.2, 0.25) is 0 Å². The van der Waals surface area contributed by atoms with Crippen molar-refractivity contribution in [2.75, 3.05) is 5.32 Å². The van der Waals surface area contributed by atoms with Gasteiger partial charge in [-0.2, -0.15) is 0 Å². The third-order valence-corrected chi connectivity index (χ3v) is 5.19. The summed E-state index contributed by atoms with van der Waals surface area (Å²) in [6.45, 7) is 0. The van der Waals surface area contributed by atoms with E-state index in [1.165, 1.54) is 0 Å². The number of ether oxygens (including phenoxy) is 1. The van der Waals surface area contributed by atoms with E-state index in [2.05, 4.69) is 10.1 Å². The zero-order chi connectivity index (χ0) is 20.0. The summed E-state index contributed by atoms with van der Waals surface area (Å²) >= 11 is 0. The molecule has 2 aliphatic rings. The number of hydrogen-bond acceptors (Lipinski definition) is 5. The molecule has 0 aliphatic heterocycles. The highest BCUT2D eigenvalue weighted by Gasteiger charge is 2.74. The summed E-state index contributed by atoms with van der Waals surface area (Å²) in [7, 11) is 0. The molecule has 2 fully saturated rings. The molecular formula is C17H17F3N2O5. The summed E-state index contributed by atoms with van der Waals surface area (Å²) < 4.78 is 40.6. The molecule has 2 aliphatic carbocycles. The third-order valence-electron chi connectivity index (χ3n) is 5.19. The van der Waals surface area contributed by atoms with Gasteiger partial charge in [0.05, 0.1) is 5.92 Å². The van der Waals surface area contributed by atoms with Crippen LogP contribution in [0.25, 0.3) is 0 Å². The molecule has 0 saturated heterocycles. The van der Waals surface area contributed by atoms with Crippen molar-refractivity contribution in [3.05, 3.63) is 30.3 Å². The highest BCUT2D eigenvalue weighted by atomic mass is 19.4. The Labute approximate surface area is 151 Å². The number of anilines is 1. The SMILES string of the molecule is NC1(C(=O)OC(F)(F)F)CC(CC(=O)Nc2ccccc2)C2C(C(=O)O)C21. The number of alkyl halides is 3. The molecule has 7 nitrogen and oxygen atoms in total. The molecule has 146 valence electrons. The largest absolute Gasteiger partial charge is 0.575 e. The van der Waals surface area contributed by atoms with Crippen LogP contribution in [0.3, 0.4) is 0 Å². The minimum Gasteiger partial charge on any atom is -0.481 e. The lowest BCUT2D eigenvalue weighted by molar-refractivity contribution is -0.308. The number of nitrogens with one attached hydrogen (secondary N) is 1. The molecule has 5 unspecified atom stereocenters. The van der Waals surface area contributed by atoms with Crippen LogP contribution >= 0.6 is 0 Å². The Morgan fingerprint density at radius 2 is 1.89 bits per heavy atom. The van der Waals surface area contributed by atoms with Crippen molar-refractivity contribution < 1.29 is 37.4 Å². The van der Waals surface area contributed by atoms with Gasteiger partial charge in [-0.15, -0.1) is 13.2 Å². The molecule has 0 bridgehead atoms. The number of benzene rings is 1. The Kier molecular flexibility index (Phi) is 4.62. The van der Waals surface area contributed by atoms with E-state index in [1.54, 1.807) is 30.3 Å². The molecule has 1 aromatic rings. The van der Waals surface area contributed by atoms with Crippen LogP contribution in [-0.4, -0.2) is 34.9 Å². The first-order chi connectivity index (χ1) is 12.5. The molecule has 10 heteroatoms. The maximum Gasteiger partial charge on any atom is 0.575 e. The van der Waals surface area contributed by atoms with Crippen molar-refractivity contribution >= 4 is 23.5 Å². The van der Waals surface area contributed by atoms with Gasteiger partial charge in [0.1, 0.15) is 5.54 Å². The van der Waals surface area contributed by atoms with Crippen LogP contribution in [-0.2, 0) is 19.1 Å². The van der Waals surface area contributed by atoms with Crippen LogP contribution in [0.4, 0.5) is 18.9 Å². The minimum absolute atomic E-state index is 0.155. The molecule has 3 rings (SSSR count). The van der Waals surface area contributed by atoms with Crippen molar-refractivity contribution in [2.45, 2.75) is 24.7 Å². The van der Waals surface area contributed by atoms with Crippen LogP contribution in [0, 0.1) is 23.7 Å². The third kappa shape index (κ3) is 3.75. The molecule has 0 spiro atoms. The van der Waals surface area contributed by atoms with Crippen molar-refractivity contribution in [1.29, 1.82) is 0 Å². The summed E-state index contributed by atoms with van der Waals surface area (Å²) in [5, 5.41) is 11.9. The molecule has 2 saturated carbocycles. The number of halogens is 3. The van der Waals surface area contributed by atoms with Gasteiger partial charge in [-0.3, -0.25) is 9.59 Å². The fourth-order valence-electron chi connectivity index (χ4n) is 4.21. The van der Waals surface area contributed by atoms with E-state index in [1.807, 2.05) is 0 Å². The number of nitrogens with two attached hydrogens (primary N) is 1. The normalized spacial score (nSPS) is 31.7. The predicted molar refractivity (Wildman–Crippen MR) is 85.0 cm³/mol. The van der Waals surface area contributed by atoms with Gasteiger partial charge in [-0.25, -0.2) is 4.79 Å². The average Bonchev–Trinajstić information content (AvgIpc) is 3.23. The Hall–Kier alpha value is -2.62. The zero-order valence-corrected chi connectivity index (χ0v) is 13.9. The zero-order valence-electron chi connectivity index (χ0n) is 13.9. The number of rotatable bonds is 5. The quantitative estimate of drug-likeness (QED) is 0.664. The first kappa shape index (κ1) is 19.2. The summed E-state index contributed by atoms with van der Waals surface area (Å²) in [4.78, 5) is 35.5. The molecule has 4 N–H and O–H groups in total. The summed E-state index contributed by atoms with van der Waals surface area (Å²) in [6.07, 6.45) is -5.61. The van der Waals surface area contributed by atoms with Crippen LogP contribution in [0.15, 0.2) is 30.3 Å². The monoisotopic (exact) mass is 386 g/mol. The second kappa shape index (κ2) is 6.52. The lowest BCUT2D eigenvalue weighted by Gasteiger charge is -2.27. The second-order valence-corrected chi connectivity index (χ2v) is 6.93. The van der Waals surface area contributed by atoms with E-state index in [0.29, 0.717) is 5.69 Å². The maximum absolute atomic E-state index is 12.4. The fourth-order valence-corrected chi connectivity index (χ4v) is 4.21. The van der Waals surface area contributed by atoms with Gasteiger partial charge >= 0.3 is 18.3 Å². The van der Waals surface area contributed by atoms with Crippen LogP contribution in [0.5, 0.6) is 0 Å². The Morgan fingerprint density at radius 3 is 2.44 bits per heavy atom. The first-order valence-corrected chi connectivity index (χ1v) is 8.19. The number of carbonyl (C=O) groups is 3. The molecule has 5 atom stereocenters. The van der Waals surface area contributed by atoms with Gasteiger partial charge in [0, 0.05) is 18.0 Å². The van der Waals surface area contributed by atoms with E-state index in [-0.39, 0.29) is 12.8 Å². The molecule has 27 heavy (non-hydrogen) atoms. The average molecular weight is 386 g/mol. The molecule has 0 aromatic heterocycles. The number of esters is 1. The molecule has 1 aromatic carbocycles. The number of para-hydroxylation sites is 1. The minimum atomic E-state index is -5.21. The van der Waals surface area contributed by atoms with E-state index >= 15 is 0 Å². The van der Waals surface area contributed by atoms with Crippen molar-refractivity contribution in [3.8, 4) is 0 Å². The van der Waals surface area contributed by atoms with E-state index < -0.39 is 53.4 Å². The Bertz CT molecular complexity index is 770. The number of carbonyl (C=O) groups excluding carboxylic acids is 2. The van der Waals surface area contributed by atoms with E-state index in [4.69, 9.17) is 5.73 Å². The van der Waals surface area contributed by atoms with Gasteiger partial charge in [-0.1, -0.05) is 18.2 Å². The number of aliphatic carboxylic acids is 1. The molecule has 1 amide bonds. The summed E-state index contributed by atoms with van der Waals surface area (Å²) in [5.41, 5.74) is 4.32. The predicted octanol–water partition coefficient (Wildman–Crippen LogP) is 1.74. The van der Waals surface area contributed by atoms with Gasteiger partial charge in [0.15, 0.2) is 0 Å². The summed E-state index contributed by atoms with van der Waals surface area (Å²) in [5.74, 6) is -6.74. The molecule has 0 radical (unpaired) electrons. The number of fused-ring (bicyclic) bond motifs is 1. The fraction of sp³-hybridized carbons (Fsp3) is 0.471. The Morgan fingerprint density at radius 1 is 1.26 bits per heavy atom. The maximum atomic E-state index is 12.4. The van der Waals surface area contributed by atoms with Gasteiger partial charge in [-0.05, 0) is 30.4 Å². The lowest BCUT2D eigenvalue weighted by atomic mass is 9.86. The number of carboxylic acids is 1. The van der Waals surface area contributed by atoms with Crippen molar-refractivity contribution in [3.63, 3.8) is 0 Å². The highest BCUT2D eigenvalue weighted by molar-refractivity contribution is 5.92. The number of carboxylic acid groups (broad SMARTS) is 1. The van der Waals surface area contributed by atoms with Gasteiger partial charge < -0.3 is 20.9 Å². The molecule has 0 heterocycles. The second-order valence-electron chi connectivity index (χ2n) is 6.93. The standard InChI is InChI=1S/C17H17F3N2O5/c18-17(19,20)27-15(26)16(21)7-8(11-12(13(11)16)14(24)25)6-10(23)22-9-4-2-1-3-5-9/h1-5,8,11-13H,6-7,21H2,(H,22,23)(H,24,25). The lowest BCUT2D eigenvalue weighted by Crippen LogP contribution is -2.52. The Balaban J connectivity index is 1.72. The molecular weight excluding hydrogens is 369 g/mol. The highest BCUT2D eigenvalue weighted by Crippen LogP contribution is 2.65. The van der Waals surface area contributed by atoms with Crippen LogP contribution in [0.1, 0.15) is 12.8 Å². The smallest absolute Gasteiger partial charge is 0.481 e. The van der Waals surface area contributed by atoms with Crippen molar-refractivity contribution in [2.24, 2.45) is 29.4 Å². The first-order valence-electron chi connectivity index (χ1n) is 8.19.